The Morgan fingerprint density at radius 3 is 1.75 bits per heavy atom. The lowest BCUT2D eigenvalue weighted by atomic mass is 9.91. The van der Waals surface area contributed by atoms with Crippen molar-refractivity contribution in [3.8, 4) is 34.1 Å². The van der Waals surface area contributed by atoms with Gasteiger partial charge in [-0.1, -0.05) is 59.6 Å². The number of ether oxygens (including phenoxy) is 4. The van der Waals surface area contributed by atoms with Crippen LogP contribution in [0.3, 0.4) is 0 Å². The Morgan fingerprint density at radius 1 is 0.772 bits per heavy atom. The lowest BCUT2D eigenvalue weighted by Gasteiger charge is -2.25. The topological polar surface area (TPSA) is 139 Å². The van der Waals surface area contributed by atoms with Crippen molar-refractivity contribution in [1.29, 1.82) is 0 Å². The molecule has 5 N–H and O–H groups in total. The maximum absolute atomic E-state index is 11.7. The van der Waals surface area contributed by atoms with E-state index in [-0.39, 0.29) is 30.9 Å². The molecule has 1 fully saturated rings. The Balaban J connectivity index is 1.09. The van der Waals surface area contributed by atoms with E-state index in [1.165, 1.54) is 29.2 Å². The van der Waals surface area contributed by atoms with E-state index in [1.54, 1.807) is 12.1 Å². The van der Waals surface area contributed by atoms with Gasteiger partial charge in [-0.3, -0.25) is 10.1 Å². The predicted molar refractivity (Wildman–Crippen MR) is 221 cm³/mol. The number of nitrogens with one attached hydrogen (secondary N) is 2. The van der Waals surface area contributed by atoms with Gasteiger partial charge in [0.15, 0.2) is 0 Å². The Bertz CT molecular complexity index is 2100. The summed E-state index contributed by atoms with van der Waals surface area (Å²) in [6, 6.07) is 20.2. The number of carboxylic acids is 1. The molecule has 3 aliphatic carbocycles. The van der Waals surface area contributed by atoms with Gasteiger partial charge in [0.05, 0.1) is 36.0 Å². The van der Waals surface area contributed by atoms with E-state index in [9.17, 15) is 20.1 Å². The van der Waals surface area contributed by atoms with Crippen LogP contribution in [-0.4, -0.2) is 58.8 Å². The summed E-state index contributed by atoms with van der Waals surface area (Å²) in [6.45, 7) is 6.27. The standard InChI is InChI=1S/C45H52Cl2N2O8/c1-4-54-40-21-42(34(46)19-26(40)23-48-36-13-8-14-37(36)51)56-38-17-15-30-28(9-6-11-32(30)38)29-10-7-12-33-31(29)16-18-39(33)57-43-22-41(55-5-2)27(20-35(43)47)24-49-45(3,25-50)44(52)53/h6-7,9-12,19-22,36-39,48-51H,4-5,8,13-18,23-25H2,1-3H3,(H,52,53)/t36-,37+,38+,39+,45+/m1/s1. The molecule has 0 amide bonds. The summed E-state index contributed by atoms with van der Waals surface area (Å²) in [4.78, 5) is 11.7. The highest BCUT2D eigenvalue weighted by atomic mass is 35.5. The molecule has 0 aliphatic heterocycles. The van der Waals surface area contributed by atoms with Gasteiger partial charge in [0, 0.05) is 42.4 Å². The Morgan fingerprint density at radius 2 is 1.30 bits per heavy atom. The van der Waals surface area contributed by atoms with E-state index in [0.717, 1.165) is 67.4 Å². The molecule has 0 heterocycles. The number of aliphatic hydroxyl groups excluding tert-OH is 2. The SMILES string of the molecule is CCOc1cc(O[C@H]2CCc3c(-c4cccc5c4CC[C@@H]5Oc4cc(OCC)c(CN[C@@](C)(CO)C(=O)O)cc4Cl)cccc32)c(Cl)cc1CN[C@@H]1CCC[C@@H]1O. The molecule has 57 heavy (non-hydrogen) atoms. The highest BCUT2D eigenvalue weighted by molar-refractivity contribution is 6.32. The van der Waals surface area contributed by atoms with Gasteiger partial charge in [0.2, 0.25) is 0 Å². The second-order valence-electron chi connectivity index (χ2n) is 15.3. The van der Waals surface area contributed by atoms with Crippen molar-refractivity contribution in [2.24, 2.45) is 0 Å². The fraction of sp³-hybridized carbons (Fsp3) is 0.444. The zero-order chi connectivity index (χ0) is 40.3. The molecule has 12 heteroatoms. The molecule has 0 spiro atoms. The molecule has 0 bridgehead atoms. The number of halogens is 2. The monoisotopic (exact) mass is 818 g/mol. The third-order valence-electron chi connectivity index (χ3n) is 11.6. The van der Waals surface area contributed by atoms with E-state index in [2.05, 4.69) is 47.0 Å². The zero-order valence-corrected chi connectivity index (χ0v) is 34.2. The van der Waals surface area contributed by atoms with Crippen LogP contribution in [0.4, 0.5) is 0 Å². The van der Waals surface area contributed by atoms with Crippen LogP contribution in [0, 0.1) is 0 Å². The summed E-state index contributed by atoms with van der Waals surface area (Å²) in [5.41, 5.74) is 7.24. The molecule has 7 rings (SSSR count). The van der Waals surface area contributed by atoms with Crippen LogP contribution in [-0.2, 0) is 30.7 Å². The van der Waals surface area contributed by atoms with Crippen molar-refractivity contribution in [2.75, 3.05) is 19.8 Å². The first-order valence-electron chi connectivity index (χ1n) is 20.0. The minimum atomic E-state index is -1.52. The average Bonchev–Trinajstić information content (AvgIpc) is 3.94. The number of aliphatic hydroxyl groups is 2. The summed E-state index contributed by atoms with van der Waals surface area (Å²) in [7, 11) is 0. The number of benzene rings is 4. The molecule has 4 aromatic rings. The average molecular weight is 820 g/mol. The summed E-state index contributed by atoms with van der Waals surface area (Å²) < 4.78 is 25.3. The largest absolute Gasteiger partial charge is 0.493 e. The van der Waals surface area contributed by atoms with Crippen LogP contribution >= 0.6 is 23.2 Å². The zero-order valence-electron chi connectivity index (χ0n) is 32.7. The van der Waals surface area contributed by atoms with Crippen molar-refractivity contribution in [2.45, 2.75) is 109 Å². The smallest absolute Gasteiger partial charge is 0.326 e. The van der Waals surface area contributed by atoms with Gasteiger partial charge in [0.1, 0.15) is 40.7 Å². The Kier molecular flexibility index (Phi) is 12.9. The summed E-state index contributed by atoms with van der Waals surface area (Å²) in [6.07, 6.45) is 5.36. The molecule has 5 atom stereocenters. The van der Waals surface area contributed by atoms with E-state index >= 15 is 0 Å². The molecule has 0 aromatic heterocycles. The number of fused-ring (bicyclic) bond motifs is 2. The molecule has 1 saturated carbocycles. The van der Waals surface area contributed by atoms with Crippen molar-refractivity contribution in [1.82, 2.24) is 10.6 Å². The molecular weight excluding hydrogens is 767 g/mol. The maximum Gasteiger partial charge on any atom is 0.326 e. The fourth-order valence-corrected chi connectivity index (χ4v) is 8.85. The number of carbonyl (C=O) groups is 1. The Labute approximate surface area is 344 Å². The number of carboxylic acid groups (broad SMARTS) is 1. The molecular formula is C45H52Cl2N2O8. The fourth-order valence-electron chi connectivity index (χ4n) is 8.39. The number of hydrogen-bond donors (Lipinski definition) is 5. The van der Waals surface area contributed by atoms with E-state index in [4.69, 9.17) is 42.1 Å². The number of rotatable bonds is 17. The lowest BCUT2D eigenvalue weighted by Crippen LogP contribution is -2.52. The number of aliphatic carboxylic acids is 1. The van der Waals surface area contributed by atoms with E-state index in [0.29, 0.717) is 52.6 Å². The van der Waals surface area contributed by atoms with Crippen LogP contribution < -0.4 is 29.6 Å². The minimum absolute atomic E-state index is 0.0704. The predicted octanol–water partition coefficient (Wildman–Crippen LogP) is 8.52. The normalized spacial score (nSPS) is 20.8. The van der Waals surface area contributed by atoms with Gasteiger partial charge in [0.25, 0.3) is 0 Å². The van der Waals surface area contributed by atoms with E-state index in [1.807, 2.05) is 26.0 Å². The van der Waals surface area contributed by atoms with Crippen LogP contribution in [0.2, 0.25) is 10.0 Å². The minimum Gasteiger partial charge on any atom is -0.493 e. The first-order chi connectivity index (χ1) is 27.5. The highest BCUT2D eigenvalue weighted by Crippen LogP contribution is 2.47. The van der Waals surface area contributed by atoms with Crippen LogP contribution in [0.25, 0.3) is 11.1 Å². The molecule has 0 saturated heterocycles. The second-order valence-corrected chi connectivity index (χ2v) is 16.1. The summed E-state index contributed by atoms with van der Waals surface area (Å²) >= 11 is 13.7. The van der Waals surface area contributed by atoms with E-state index < -0.39 is 18.1 Å². The summed E-state index contributed by atoms with van der Waals surface area (Å²) in [5, 5.41) is 36.9. The lowest BCUT2D eigenvalue weighted by molar-refractivity contribution is -0.145. The first-order valence-corrected chi connectivity index (χ1v) is 20.8. The third kappa shape index (κ3) is 8.72. The summed E-state index contributed by atoms with van der Waals surface area (Å²) in [5.74, 6) is 1.18. The van der Waals surface area contributed by atoms with Crippen molar-refractivity contribution in [3.05, 3.63) is 104 Å². The maximum atomic E-state index is 11.7. The molecule has 10 nitrogen and oxygen atoms in total. The molecule has 0 unspecified atom stereocenters. The Hall–Kier alpha value is -4.03. The van der Waals surface area contributed by atoms with Gasteiger partial charge in [-0.05, 0) is 111 Å². The van der Waals surface area contributed by atoms with Gasteiger partial charge in [-0.25, -0.2) is 0 Å². The van der Waals surface area contributed by atoms with Crippen LogP contribution in [0.1, 0.15) is 98.5 Å². The highest BCUT2D eigenvalue weighted by Gasteiger charge is 2.34. The van der Waals surface area contributed by atoms with Gasteiger partial charge >= 0.3 is 5.97 Å². The molecule has 0 radical (unpaired) electrons. The molecule has 4 aromatic carbocycles. The van der Waals surface area contributed by atoms with Crippen molar-refractivity contribution < 1.29 is 39.1 Å². The molecule has 3 aliphatic rings. The van der Waals surface area contributed by atoms with Gasteiger partial charge in [-0.2, -0.15) is 0 Å². The van der Waals surface area contributed by atoms with Crippen LogP contribution in [0.15, 0.2) is 60.7 Å². The quantitative estimate of drug-likeness (QED) is 0.0705. The third-order valence-corrected chi connectivity index (χ3v) is 12.2. The molecule has 304 valence electrons. The van der Waals surface area contributed by atoms with Gasteiger partial charge in [-0.15, -0.1) is 0 Å². The van der Waals surface area contributed by atoms with Crippen molar-refractivity contribution in [3.63, 3.8) is 0 Å². The second kappa shape index (κ2) is 17.9. The first kappa shape index (κ1) is 41.1. The van der Waals surface area contributed by atoms with Crippen molar-refractivity contribution >= 4 is 29.2 Å². The number of hydrogen-bond acceptors (Lipinski definition) is 9. The van der Waals surface area contributed by atoms with Gasteiger partial charge < -0.3 is 39.6 Å². The van der Waals surface area contributed by atoms with Crippen LogP contribution in [0.5, 0.6) is 23.0 Å².